The number of fused-ring (bicyclic) bond motifs is 2. The van der Waals surface area contributed by atoms with E-state index in [4.69, 9.17) is 9.47 Å². The molecular formula is C15H20O3. The van der Waals surface area contributed by atoms with Crippen molar-refractivity contribution in [3.8, 4) is 11.5 Å². The van der Waals surface area contributed by atoms with Crippen molar-refractivity contribution >= 4 is 0 Å². The summed E-state index contributed by atoms with van der Waals surface area (Å²) in [6, 6.07) is 4.05. The molecule has 1 aliphatic carbocycles. The van der Waals surface area contributed by atoms with Gasteiger partial charge >= 0.3 is 0 Å². The van der Waals surface area contributed by atoms with Crippen LogP contribution >= 0.6 is 0 Å². The van der Waals surface area contributed by atoms with Gasteiger partial charge in [-0.15, -0.1) is 0 Å². The summed E-state index contributed by atoms with van der Waals surface area (Å²) in [5, 5.41) is 10.2. The third kappa shape index (κ3) is 2.19. The number of hydrogen-bond acceptors (Lipinski definition) is 3. The minimum Gasteiger partial charge on any atom is -0.489 e. The number of benzene rings is 1. The van der Waals surface area contributed by atoms with E-state index >= 15 is 0 Å². The highest BCUT2D eigenvalue weighted by Gasteiger charge is 2.22. The maximum Gasteiger partial charge on any atom is 0.161 e. The van der Waals surface area contributed by atoms with E-state index in [2.05, 4.69) is 13.0 Å². The topological polar surface area (TPSA) is 38.7 Å². The molecule has 1 aromatic rings. The molecule has 3 nitrogen and oxygen atoms in total. The molecule has 0 aromatic heterocycles. The Kier molecular flexibility index (Phi) is 3.16. The third-order valence-corrected chi connectivity index (χ3v) is 3.78. The Hall–Kier alpha value is -1.22. The van der Waals surface area contributed by atoms with Gasteiger partial charge in [0.15, 0.2) is 11.5 Å². The van der Waals surface area contributed by atoms with Crippen LogP contribution in [0.15, 0.2) is 12.1 Å². The van der Waals surface area contributed by atoms with Gasteiger partial charge in [-0.2, -0.15) is 0 Å². The Labute approximate surface area is 108 Å². The Balaban J connectivity index is 2.00. The molecule has 3 rings (SSSR count). The summed E-state index contributed by atoms with van der Waals surface area (Å²) in [5.74, 6) is 2.04. The summed E-state index contributed by atoms with van der Waals surface area (Å²) in [4.78, 5) is 0. The molecule has 1 aromatic carbocycles. The van der Waals surface area contributed by atoms with Crippen molar-refractivity contribution in [1.29, 1.82) is 0 Å². The van der Waals surface area contributed by atoms with Crippen LogP contribution in [0.5, 0.6) is 11.5 Å². The van der Waals surface area contributed by atoms with Gasteiger partial charge in [0.1, 0.15) is 0 Å². The van der Waals surface area contributed by atoms with Crippen LogP contribution in [0.25, 0.3) is 0 Å². The molecule has 98 valence electrons. The first-order chi connectivity index (χ1) is 8.74. The lowest BCUT2D eigenvalue weighted by Crippen LogP contribution is -2.12. The summed E-state index contributed by atoms with van der Waals surface area (Å²) in [6.45, 7) is 3.50. The van der Waals surface area contributed by atoms with Crippen molar-refractivity contribution in [2.24, 2.45) is 5.92 Å². The van der Waals surface area contributed by atoms with Crippen LogP contribution in [-0.2, 0) is 6.42 Å². The highest BCUT2D eigenvalue weighted by Crippen LogP contribution is 2.38. The lowest BCUT2D eigenvalue weighted by atomic mass is 10.00. The number of aliphatic hydroxyl groups excluding tert-OH is 1. The van der Waals surface area contributed by atoms with Crippen LogP contribution < -0.4 is 9.47 Å². The predicted molar refractivity (Wildman–Crippen MR) is 69.1 cm³/mol. The van der Waals surface area contributed by atoms with Gasteiger partial charge in [0.05, 0.1) is 19.3 Å². The van der Waals surface area contributed by atoms with Gasteiger partial charge in [0.25, 0.3) is 0 Å². The van der Waals surface area contributed by atoms with E-state index in [0.717, 1.165) is 42.7 Å². The van der Waals surface area contributed by atoms with E-state index in [1.165, 1.54) is 5.56 Å². The minimum absolute atomic E-state index is 0.350. The quantitative estimate of drug-likeness (QED) is 0.717. The Morgan fingerprint density at radius 1 is 1.11 bits per heavy atom. The van der Waals surface area contributed by atoms with Crippen LogP contribution in [-0.4, -0.2) is 18.3 Å². The average Bonchev–Trinajstić information content (AvgIpc) is 2.66. The van der Waals surface area contributed by atoms with E-state index < -0.39 is 0 Å². The fourth-order valence-electron chi connectivity index (χ4n) is 2.69. The zero-order chi connectivity index (χ0) is 12.5. The average molecular weight is 248 g/mol. The van der Waals surface area contributed by atoms with E-state index in [9.17, 15) is 5.11 Å². The van der Waals surface area contributed by atoms with Crippen LogP contribution in [0.1, 0.15) is 43.4 Å². The van der Waals surface area contributed by atoms with Crippen LogP contribution in [0.3, 0.4) is 0 Å². The molecule has 0 saturated carbocycles. The van der Waals surface area contributed by atoms with Crippen molar-refractivity contribution in [3.05, 3.63) is 23.3 Å². The molecule has 2 aliphatic rings. The van der Waals surface area contributed by atoms with Gasteiger partial charge in [-0.25, -0.2) is 0 Å². The lowest BCUT2D eigenvalue weighted by Gasteiger charge is -2.15. The third-order valence-electron chi connectivity index (χ3n) is 3.78. The summed E-state index contributed by atoms with van der Waals surface area (Å²) < 4.78 is 11.6. The fourth-order valence-corrected chi connectivity index (χ4v) is 2.69. The van der Waals surface area contributed by atoms with Gasteiger partial charge in [-0.3, -0.25) is 0 Å². The molecule has 18 heavy (non-hydrogen) atoms. The normalized spacial score (nSPS) is 27.0. The summed E-state index contributed by atoms with van der Waals surface area (Å²) in [7, 11) is 0. The van der Waals surface area contributed by atoms with E-state index in [1.807, 2.05) is 6.07 Å². The van der Waals surface area contributed by atoms with Gasteiger partial charge in [0.2, 0.25) is 0 Å². The number of ether oxygens (including phenoxy) is 2. The molecular weight excluding hydrogens is 228 g/mol. The zero-order valence-corrected chi connectivity index (χ0v) is 10.8. The van der Waals surface area contributed by atoms with Crippen molar-refractivity contribution in [2.45, 2.75) is 38.7 Å². The second-order valence-corrected chi connectivity index (χ2v) is 5.49. The Morgan fingerprint density at radius 2 is 1.83 bits per heavy atom. The molecule has 0 radical (unpaired) electrons. The van der Waals surface area contributed by atoms with Crippen molar-refractivity contribution < 1.29 is 14.6 Å². The molecule has 1 heterocycles. The molecule has 0 bridgehead atoms. The van der Waals surface area contributed by atoms with Gasteiger partial charge in [-0.1, -0.05) is 13.3 Å². The molecule has 0 amide bonds. The SMILES string of the molecule is CC1COc2cc3c(cc2OC1)[C@H](O)CCCC3. The molecule has 0 fully saturated rings. The first kappa shape index (κ1) is 11.8. The van der Waals surface area contributed by atoms with Gasteiger partial charge in [-0.05, 0) is 42.5 Å². The molecule has 1 unspecified atom stereocenters. The summed E-state index contributed by atoms with van der Waals surface area (Å²) >= 11 is 0. The van der Waals surface area contributed by atoms with Crippen LogP contribution in [0, 0.1) is 5.92 Å². The number of aryl methyl sites for hydroxylation is 1. The number of aliphatic hydroxyl groups is 1. The molecule has 1 aliphatic heterocycles. The monoisotopic (exact) mass is 248 g/mol. The van der Waals surface area contributed by atoms with Crippen molar-refractivity contribution in [2.75, 3.05) is 13.2 Å². The zero-order valence-electron chi connectivity index (χ0n) is 10.8. The highest BCUT2D eigenvalue weighted by molar-refractivity contribution is 5.49. The first-order valence-corrected chi connectivity index (χ1v) is 6.84. The molecule has 0 spiro atoms. The first-order valence-electron chi connectivity index (χ1n) is 6.84. The lowest BCUT2D eigenvalue weighted by molar-refractivity contribution is 0.166. The maximum atomic E-state index is 10.2. The second-order valence-electron chi connectivity index (χ2n) is 5.49. The standard InChI is InChI=1S/C15H20O3/c1-10-8-17-14-6-11-4-2-3-5-13(16)12(11)7-15(14)18-9-10/h6-7,10,13,16H,2-5,8-9H2,1H3/t10?,13-/m1/s1. The van der Waals surface area contributed by atoms with Crippen LogP contribution in [0.4, 0.5) is 0 Å². The van der Waals surface area contributed by atoms with Crippen LogP contribution in [0.2, 0.25) is 0 Å². The Morgan fingerprint density at radius 3 is 2.61 bits per heavy atom. The number of rotatable bonds is 0. The van der Waals surface area contributed by atoms with E-state index in [0.29, 0.717) is 19.1 Å². The predicted octanol–water partition coefficient (Wildman–Crippen LogP) is 2.85. The van der Waals surface area contributed by atoms with Gasteiger partial charge in [0, 0.05) is 5.92 Å². The molecule has 1 N–H and O–H groups in total. The molecule has 2 atom stereocenters. The smallest absolute Gasteiger partial charge is 0.161 e. The fraction of sp³-hybridized carbons (Fsp3) is 0.600. The molecule has 3 heteroatoms. The highest BCUT2D eigenvalue weighted by atomic mass is 16.5. The largest absolute Gasteiger partial charge is 0.489 e. The van der Waals surface area contributed by atoms with Crippen molar-refractivity contribution in [1.82, 2.24) is 0 Å². The summed E-state index contributed by atoms with van der Waals surface area (Å²) in [5.41, 5.74) is 2.25. The van der Waals surface area contributed by atoms with E-state index in [1.54, 1.807) is 0 Å². The summed E-state index contributed by atoms with van der Waals surface area (Å²) in [6.07, 6.45) is 3.75. The van der Waals surface area contributed by atoms with E-state index in [-0.39, 0.29) is 6.10 Å². The van der Waals surface area contributed by atoms with Gasteiger partial charge < -0.3 is 14.6 Å². The molecule has 0 saturated heterocycles. The minimum atomic E-state index is -0.350. The maximum absolute atomic E-state index is 10.2. The number of hydrogen-bond donors (Lipinski definition) is 1. The Bertz CT molecular complexity index is 442. The van der Waals surface area contributed by atoms with Crippen molar-refractivity contribution in [3.63, 3.8) is 0 Å². The second kappa shape index (κ2) is 4.81.